The first-order chi connectivity index (χ1) is 12.9. The van der Waals surface area contributed by atoms with E-state index in [1.165, 1.54) is 19.3 Å². The van der Waals surface area contributed by atoms with Crippen LogP contribution in [0.4, 0.5) is 11.8 Å². The molecule has 0 unspecified atom stereocenters. The van der Waals surface area contributed by atoms with Crippen molar-refractivity contribution in [3.8, 4) is 0 Å². The van der Waals surface area contributed by atoms with E-state index in [-0.39, 0.29) is 0 Å². The predicted octanol–water partition coefficient (Wildman–Crippen LogP) is 1.90. The van der Waals surface area contributed by atoms with Gasteiger partial charge in [0.15, 0.2) is 11.5 Å². The molecule has 8 heteroatoms. The highest BCUT2D eigenvalue weighted by Crippen LogP contribution is 2.35. The first-order valence-electron chi connectivity index (χ1n) is 9.38. The van der Waals surface area contributed by atoms with Crippen molar-refractivity contribution in [2.24, 2.45) is 0 Å². The van der Waals surface area contributed by atoms with Gasteiger partial charge in [-0.1, -0.05) is 6.42 Å². The second kappa shape index (κ2) is 6.51. The van der Waals surface area contributed by atoms with E-state index in [0.29, 0.717) is 5.92 Å². The van der Waals surface area contributed by atoms with Gasteiger partial charge < -0.3 is 9.80 Å². The van der Waals surface area contributed by atoms with Crippen LogP contribution in [0.3, 0.4) is 0 Å². The molecular formula is C18H22N8. The maximum absolute atomic E-state index is 4.87. The van der Waals surface area contributed by atoms with Crippen LogP contribution in [-0.4, -0.2) is 56.0 Å². The fourth-order valence-electron chi connectivity index (χ4n) is 3.69. The van der Waals surface area contributed by atoms with Gasteiger partial charge in [0, 0.05) is 44.5 Å². The Hall–Kier alpha value is -2.77. The van der Waals surface area contributed by atoms with E-state index in [4.69, 9.17) is 5.10 Å². The van der Waals surface area contributed by atoms with Gasteiger partial charge in [-0.3, -0.25) is 0 Å². The lowest BCUT2D eigenvalue weighted by Crippen LogP contribution is -2.32. The van der Waals surface area contributed by atoms with E-state index < -0.39 is 0 Å². The summed E-state index contributed by atoms with van der Waals surface area (Å²) < 4.78 is 1.95. The van der Waals surface area contributed by atoms with Gasteiger partial charge in [-0.05, 0) is 37.5 Å². The molecule has 1 saturated carbocycles. The fourth-order valence-corrected chi connectivity index (χ4v) is 3.69. The number of hydrogen-bond donors (Lipinski definition) is 0. The Labute approximate surface area is 151 Å². The molecule has 1 aliphatic carbocycles. The zero-order valence-corrected chi connectivity index (χ0v) is 14.7. The molecule has 2 aliphatic rings. The molecule has 5 rings (SSSR count). The van der Waals surface area contributed by atoms with Crippen LogP contribution in [0, 0.1) is 0 Å². The molecule has 0 atom stereocenters. The summed E-state index contributed by atoms with van der Waals surface area (Å²) in [4.78, 5) is 13.4. The van der Waals surface area contributed by atoms with Crippen molar-refractivity contribution < 1.29 is 0 Å². The molecule has 1 aliphatic heterocycles. The smallest absolute Gasteiger partial charge is 0.225 e. The van der Waals surface area contributed by atoms with Crippen LogP contribution in [0.25, 0.3) is 5.65 Å². The minimum atomic E-state index is 0.516. The SMILES string of the molecule is c1cnc(N2CCCN(c3ccc4nnc(C5CCC5)n4n3)CC2)nc1. The van der Waals surface area contributed by atoms with E-state index in [9.17, 15) is 0 Å². The van der Waals surface area contributed by atoms with Crippen LogP contribution in [0.2, 0.25) is 0 Å². The molecule has 3 aromatic heterocycles. The van der Waals surface area contributed by atoms with Crippen molar-refractivity contribution in [2.75, 3.05) is 36.0 Å². The molecular weight excluding hydrogens is 328 g/mol. The third kappa shape index (κ3) is 2.75. The molecule has 26 heavy (non-hydrogen) atoms. The van der Waals surface area contributed by atoms with E-state index in [1.807, 2.05) is 16.6 Å². The van der Waals surface area contributed by atoms with Crippen LogP contribution in [0.1, 0.15) is 37.4 Å². The van der Waals surface area contributed by atoms with E-state index in [0.717, 1.165) is 55.8 Å². The number of anilines is 2. The summed E-state index contributed by atoms with van der Waals surface area (Å²) in [5.41, 5.74) is 0.838. The third-order valence-corrected chi connectivity index (χ3v) is 5.40. The molecule has 0 aromatic carbocycles. The summed E-state index contributed by atoms with van der Waals surface area (Å²) in [7, 11) is 0. The average molecular weight is 350 g/mol. The first kappa shape index (κ1) is 15.5. The molecule has 0 spiro atoms. The molecule has 0 radical (unpaired) electrons. The fraction of sp³-hybridized carbons (Fsp3) is 0.500. The van der Waals surface area contributed by atoms with Crippen LogP contribution >= 0.6 is 0 Å². The normalized spacial score (nSPS) is 18.8. The minimum absolute atomic E-state index is 0.516. The van der Waals surface area contributed by atoms with Crippen molar-refractivity contribution >= 4 is 17.4 Å². The quantitative estimate of drug-likeness (QED) is 0.714. The Morgan fingerprint density at radius 3 is 2.46 bits per heavy atom. The maximum Gasteiger partial charge on any atom is 0.225 e. The predicted molar refractivity (Wildman–Crippen MR) is 98.4 cm³/mol. The molecule has 1 saturated heterocycles. The highest BCUT2D eigenvalue weighted by Gasteiger charge is 2.26. The van der Waals surface area contributed by atoms with Gasteiger partial charge in [-0.15, -0.1) is 15.3 Å². The minimum Gasteiger partial charge on any atom is -0.353 e. The molecule has 2 fully saturated rings. The van der Waals surface area contributed by atoms with E-state index >= 15 is 0 Å². The topological polar surface area (TPSA) is 75.3 Å². The van der Waals surface area contributed by atoms with Crippen molar-refractivity contribution in [3.05, 3.63) is 36.4 Å². The number of fused-ring (bicyclic) bond motifs is 1. The van der Waals surface area contributed by atoms with Gasteiger partial charge in [0.2, 0.25) is 5.95 Å². The zero-order chi connectivity index (χ0) is 17.3. The zero-order valence-electron chi connectivity index (χ0n) is 14.7. The van der Waals surface area contributed by atoms with Crippen molar-refractivity contribution in [1.29, 1.82) is 0 Å². The summed E-state index contributed by atoms with van der Waals surface area (Å²) >= 11 is 0. The number of hydrogen-bond acceptors (Lipinski definition) is 7. The lowest BCUT2D eigenvalue weighted by Gasteiger charge is -2.24. The maximum atomic E-state index is 4.87. The third-order valence-electron chi connectivity index (χ3n) is 5.40. The van der Waals surface area contributed by atoms with Crippen LogP contribution < -0.4 is 9.80 Å². The van der Waals surface area contributed by atoms with E-state index in [1.54, 1.807) is 12.4 Å². The molecule has 0 N–H and O–H groups in total. The van der Waals surface area contributed by atoms with Crippen molar-refractivity contribution in [2.45, 2.75) is 31.6 Å². The van der Waals surface area contributed by atoms with Gasteiger partial charge in [0.25, 0.3) is 0 Å². The Bertz CT molecular complexity index is 889. The Kier molecular flexibility index (Phi) is 3.88. The van der Waals surface area contributed by atoms with Crippen LogP contribution in [-0.2, 0) is 0 Å². The average Bonchev–Trinajstić information content (AvgIpc) is 2.89. The van der Waals surface area contributed by atoms with Gasteiger partial charge in [-0.2, -0.15) is 4.52 Å². The van der Waals surface area contributed by atoms with Crippen molar-refractivity contribution in [1.82, 2.24) is 29.8 Å². The summed E-state index contributed by atoms with van der Waals surface area (Å²) in [6, 6.07) is 5.94. The van der Waals surface area contributed by atoms with Gasteiger partial charge in [-0.25, -0.2) is 9.97 Å². The highest BCUT2D eigenvalue weighted by molar-refractivity contribution is 5.47. The first-order valence-corrected chi connectivity index (χ1v) is 9.38. The number of rotatable bonds is 3. The number of aromatic nitrogens is 6. The molecule has 0 amide bonds. The van der Waals surface area contributed by atoms with Crippen LogP contribution in [0.5, 0.6) is 0 Å². The second-order valence-corrected chi connectivity index (χ2v) is 7.02. The van der Waals surface area contributed by atoms with Crippen LogP contribution in [0.15, 0.2) is 30.6 Å². The van der Waals surface area contributed by atoms with Crippen molar-refractivity contribution in [3.63, 3.8) is 0 Å². The second-order valence-electron chi connectivity index (χ2n) is 7.02. The van der Waals surface area contributed by atoms with E-state index in [2.05, 4.69) is 36.0 Å². The van der Waals surface area contributed by atoms with Gasteiger partial charge >= 0.3 is 0 Å². The Morgan fingerprint density at radius 1 is 0.846 bits per heavy atom. The molecule has 4 heterocycles. The monoisotopic (exact) mass is 350 g/mol. The Morgan fingerprint density at radius 2 is 1.65 bits per heavy atom. The summed E-state index contributed by atoms with van der Waals surface area (Å²) in [5, 5.41) is 13.5. The summed E-state index contributed by atoms with van der Waals surface area (Å²) in [6.07, 6.45) is 8.33. The molecule has 134 valence electrons. The highest BCUT2D eigenvalue weighted by atomic mass is 15.4. The summed E-state index contributed by atoms with van der Waals surface area (Å²) in [6.45, 7) is 3.73. The van der Waals surface area contributed by atoms with Gasteiger partial charge in [0.1, 0.15) is 5.82 Å². The Balaban J connectivity index is 1.37. The standard InChI is InChI=1S/C18H22N8/c1-4-14(5-1)17-22-21-15-6-7-16(23-26(15)17)24-10-3-11-25(13-12-24)18-19-8-2-9-20-18/h2,6-9,14H,1,3-5,10-13H2. The number of nitrogens with zero attached hydrogens (tertiary/aromatic N) is 8. The summed E-state index contributed by atoms with van der Waals surface area (Å²) in [5.74, 6) is 3.34. The molecule has 3 aromatic rings. The molecule has 0 bridgehead atoms. The lowest BCUT2D eigenvalue weighted by molar-refractivity contribution is 0.395. The van der Waals surface area contributed by atoms with Gasteiger partial charge in [0.05, 0.1) is 0 Å². The lowest BCUT2D eigenvalue weighted by atomic mass is 9.85. The largest absolute Gasteiger partial charge is 0.353 e. The molecule has 8 nitrogen and oxygen atoms in total.